The molecule has 2 aromatic carbocycles. The summed E-state index contributed by atoms with van der Waals surface area (Å²) in [4.78, 5) is 27.4. The van der Waals surface area contributed by atoms with Crippen LogP contribution in [0.15, 0.2) is 30.6 Å². The Morgan fingerprint density at radius 2 is 2.00 bits per heavy atom. The fourth-order valence-corrected chi connectivity index (χ4v) is 4.55. The van der Waals surface area contributed by atoms with Crippen molar-refractivity contribution in [3.63, 3.8) is 0 Å². The number of hydrogen-bond donors (Lipinski definition) is 1. The van der Waals surface area contributed by atoms with Gasteiger partial charge in [-0.05, 0) is 43.5 Å². The van der Waals surface area contributed by atoms with Crippen molar-refractivity contribution in [1.29, 1.82) is 0 Å². The van der Waals surface area contributed by atoms with Crippen LogP contribution < -0.4 is 5.73 Å². The van der Waals surface area contributed by atoms with E-state index >= 15 is 0 Å². The van der Waals surface area contributed by atoms with Gasteiger partial charge in [0.2, 0.25) is 0 Å². The number of hydrogen-bond acceptors (Lipinski definition) is 6. The molecule has 1 saturated carbocycles. The fraction of sp³-hybridized carbons (Fsp3) is 0.364. The Morgan fingerprint density at radius 1 is 1.29 bits per heavy atom. The third-order valence-corrected chi connectivity index (χ3v) is 6.23. The molecule has 0 saturated heterocycles. The van der Waals surface area contributed by atoms with Gasteiger partial charge in [0, 0.05) is 5.54 Å². The van der Waals surface area contributed by atoms with Crippen LogP contribution in [0, 0.1) is 15.9 Å². The van der Waals surface area contributed by atoms with E-state index in [9.17, 15) is 19.3 Å². The molecule has 3 aromatic rings. The highest BCUT2D eigenvalue weighted by atomic mass is 19.1. The van der Waals surface area contributed by atoms with Gasteiger partial charge in [-0.3, -0.25) is 10.1 Å². The Hall–Kier alpha value is -3.49. The number of nitrogen functional groups attached to an aromatic ring is 1. The van der Waals surface area contributed by atoms with Crippen molar-refractivity contribution in [3.05, 3.63) is 52.1 Å². The fourth-order valence-electron chi connectivity index (χ4n) is 4.55. The van der Waals surface area contributed by atoms with Crippen LogP contribution in [0.4, 0.5) is 15.8 Å². The molecule has 162 valence electrons. The maximum absolute atomic E-state index is 14.7. The van der Waals surface area contributed by atoms with Gasteiger partial charge in [-0.1, -0.05) is 25.3 Å². The SMILES string of the molecule is COC(=O)c1c(F)cc(-c2ccc3c(c2)ncn3C2(C)CCCCC2)c([N+](=O)[O-])c1N. The largest absolute Gasteiger partial charge is 0.465 e. The highest BCUT2D eigenvalue weighted by Crippen LogP contribution is 2.41. The van der Waals surface area contributed by atoms with Gasteiger partial charge < -0.3 is 15.0 Å². The first kappa shape index (κ1) is 20.8. The van der Waals surface area contributed by atoms with Crippen LogP contribution in [-0.2, 0) is 10.3 Å². The number of imidazole rings is 1. The summed E-state index contributed by atoms with van der Waals surface area (Å²) in [6.45, 7) is 2.22. The number of methoxy groups -OCH3 is 1. The topological polar surface area (TPSA) is 113 Å². The summed E-state index contributed by atoms with van der Waals surface area (Å²) in [5.74, 6) is -2.05. The third-order valence-electron chi connectivity index (χ3n) is 6.23. The van der Waals surface area contributed by atoms with E-state index in [1.807, 2.05) is 6.07 Å². The van der Waals surface area contributed by atoms with Gasteiger partial charge >= 0.3 is 11.7 Å². The Morgan fingerprint density at radius 3 is 2.65 bits per heavy atom. The number of benzene rings is 2. The molecule has 0 aliphatic heterocycles. The average molecular weight is 426 g/mol. The van der Waals surface area contributed by atoms with Gasteiger partial charge in [0.05, 0.1) is 35.0 Å². The Balaban J connectivity index is 1.86. The van der Waals surface area contributed by atoms with Crippen LogP contribution in [0.2, 0.25) is 0 Å². The van der Waals surface area contributed by atoms with Gasteiger partial charge in [-0.15, -0.1) is 0 Å². The molecule has 0 spiro atoms. The normalized spacial score (nSPS) is 15.7. The van der Waals surface area contributed by atoms with Crippen LogP contribution in [0.25, 0.3) is 22.2 Å². The number of anilines is 1. The molecule has 8 nitrogen and oxygen atoms in total. The Kier molecular flexibility index (Phi) is 5.12. The van der Waals surface area contributed by atoms with E-state index in [0.29, 0.717) is 11.1 Å². The molecule has 4 rings (SSSR count). The number of carbonyl (C=O) groups excluding carboxylic acids is 1. The highest BCUT2D eigenvalue weighted by Gasteiger charge is 2.31. The number of fused-ring (bicyclic) bond motifs is 1. The minimum absolute atomic E-state index is 0.0204. The van der Waals surface area contributed by atoms with Crippen molar-refractivity contribution >= 4 is 28.4 Å². The number of ether oxygens (including phenoxy) is 1. The van der Waals surface area contributed by atoms with E-state index in [1.54, 1.807) is 18.5 Å². The molecule has 1 fully saturated rings. The van der Waals surface area contributed by atoms with Crippen LogP contribution in [0.3, 0.4) is 0 Å². The number of nitrogens with zero attached hydrogens (tertiary/aromatic N) is 3. The Labute approximate surface area is 178 Å². The van der Waals surface area contributed by atoms with Crippen LogP contribution >= 0.6 is 0 Å². The van der Waals surface area contributed by atoms with Crippen LogP contribution in [0.1, 0.15) is 49.4 Å². The second kappa shape index (κ2) is 7.64. The first-order valence-corrected chi connectivity index (χ1v) is 10.1. The standard InChI is InChI=1S/C22H23FN4O4/c1-22(8-4-3-5-9-22)26-12-25-16-10-13(6-7-17(16)26)14-11-15(23)18(21(28)31-2)19(24)20(14)27(29)30/h6-7,10-12H,3-5,8-9,24H2,1-2H3. The molecule has 31 heavy (non-hydrogen) atoms. The van der Waals surface area contributed by atoms with Gasteiger partial charge in [-0.2, -0.15) is 0 Å². The maximum atomic E-state index is 14.7. The lowest BCUT2D eigenvalue weighted by Crippen LogP contribution is -2.31. The number of rotatable bonds is 4. The molecule has 0 atom stereocenters. The second-order valence-electron chi connectivity index (χ2n) is 8.17. The van der Waals surface area contributed by atoms with Crippen LogP contribution in [-0.4, -0.2) is 27.6 Å². The smallest absolute Gasteiger partial charge is 0.343 e. The first-order valence-electron chi connectivity index (χ1n) is 10.1. The summed E-state index contributed by atoms with van der Waals surface area (Å²) in [6.07, 6.45) is 7.45. The highest BCUT2D eigenvalue weighted by molar-refractivity contribution is 6.01. The Bertz CT molecular complexity index is 1200. The molecule has 1 heterocycles. The van der Waals surface area contributed by atoms with Crippen molar-refractivity contribution < 1.29 is 18.8 Å². The molecular weight excluding hydrogens is 403 g/mol. The number of carbonyl (C=O) groups is 1. The zero-order valence-electron chi connectivity index (χ0n) is 17.4. The summed E-state index contributed by atoms with van der Waals surface area (Å²) in [5.41, 5.74) is 5.98. The summed E-state index contributed by atoms with van der Waals surface area (Å²) in [7, 11) is 1.05. The van der Waals surface area contributed by atoms with E-state index in [-0.39, 0.29) is 11.1 Å². The minimum atomic E-state index is -1.07. The monoisotopic (exact) mass is 426 g/mol. The first-order chi connectivity index (χ1) is 14.8. The molecule has 2 N–H and O–H groups in total. The molecule has 9 heteroatoms. The maximum Gasteiger partial charge on any atom is 0.343 e. The average Bonchev–Trinajstić information content (AvgIpc) is 3.17. The van der Waals surface area contributed by atoms with E-state index in [4.69, 9.17) is 5.73 Å². The predicted octanol–water partition coefficient (Wildman–Crippen LogP) is 4.80. The summed E-state index contributed by atoms with van der Waals surface area (Å²) >= 11 is 0. The lowest BCUT2D eigenvalue weighted by atomic mass is 9.83. The summed E-state index contributed by atoms with van der Waals surface area (Å²) in [5, 5.41) is 11.7. The number of nitro benzene ring substituents is 1. The summed E-state index contributed by atoms with van der Waals surface area (Å²) in [6, 6.07) is 6.15. The number of nitrogens with two attached hydrogens (primary N) is 1. The molecule has 0 amide bonds. The summed E-state index contributed by atoms with van der Waals surface area (Å²) < 4.78 is 21.3. The van der Waals surface area contributed by atoms with Crippen molar-refractivity contribution in [2.75, 3.05) is 12.8 Å². The molecule has 0 radical (unpaired) electrons. The van der Waals surface area contributed by atoms with E-state index in [2.05, 4.69) is 21.2 Å². The molecule has 1 aromatic heterocycles. The van der Waals surface area contributed by atoms with Gasteiger partial charge in [0.15, 0.2) is 0 Å². The number of halogens is 1. The van der Waals surface area contributed by atoms with Gasteiger partial charge in [0.25, 0.3) is 0 Å². The number of nitro groups is 1. The molecule has 1 aliphatic rings. The van der Waals surface area contributed by atoms with E-state index < -0.39 is 33.6 Å². The zero-order chi connectivity index (χ0) is 22.3. The number of esters is 1. The van der Waals surface area contributed by atoms with Crippen LogP contribution in [0.5, 0.6) is 0 Å². The number of aromatic nitrogens is 2. The lowest BCUT2D eigenvalue weighted by Gasteiger charge is -2.35. The van der Waals surface area contributed by atoms with Gasteiger partial charge in [-0.25, -0.2) is 14.2 Å². The van der Waals surface area contributed by atoms with E-state index in [0.717, 1.165) is 44.4 Å². The van der Waals surface area contributed by atoms with Gasteiger partial charge in [0.1, 0.15) is 17.1 Å². The molecule has 0 unspecified atom stereocenters. The van der Waals surface area contributed by atoms with Crippen molar-refractivity contribution in [1.82, 2.24) is 9.55 Å². The predicted molar refractivity (Wildman–Crippen MR) is 114 cm³/mol. The second-order valence-corrected chi connectivity index (χ2v) is 8.17. The van der Waals surface area contributed by atoms with E-state index in [1.165, 1.54) is 6.42 Å². The van der Waals surface area contributed by atoms with Crippen molar-refractivity contribution in [2.45, 2.75) is 44.6 Å². The third kappa shape index (κ3) is 3.39. The van der Waals surface area contributed by atoms with Crippen molar-refractivity contribution in [2.24, 2.45) is 0 Å². The molecule has 0 bridgehead atoms. The lowest BCUT2D eigenvalue weighted by molar-refractivity contribution is -0.383. The zero-order valence-corrected chi connectivity index (χ0v) is 17.4. The molecule has 1 aliphatic carbocycles. The molecular formula is C22H23FN4O4. The quantitative estimate of drug-likeness (QED) is 0.277. The minimum Gasteiger partial charge on any atom is -0.465 e. The van der Waals surface area contributed by atoms with Crippen molar-refractivity contribution in [3.8, 4) is 11.1 Å².